The number of aromatic nitrogens is 3. The van der Waals surface area contributed by atoms with Gasteiger partial charge in [-0.25, -0.2) is 0 Å². The fourth-order valence-corrected chi connectivity index (χ4v) is 1.43. The molecule has 1 amide bonds. The topological polar surface area (TPSA) is 123 Å². The van der Waals surface area contributed by atoms with Crippen LogP contribution in [0.25, 0.3) is 0 Å². The summed E-state index contributed by atoms with van der Waals surface area (Å²) in [5.74, 6) is 0.300. The zero-order valence-electron chi connectivity index (χ0n) is 11.8. The number of rotatable bonds is 6. The molecule has 0 fully saturated rings. The lowest BCUT2D eigenvalue weighted by Gasteiger charge is -2.24. The summed E-state index contributed by atoms with van der Waals surface area (Å²) in [5, 5.41) is 2.86. The predicted octanol–water partition coefficient (Wildman–Crippen LogP) is -0.0242. The standard InChI is InChI=1S/C11H21N7O/c1-5-18(6-2)10-15-8(13)14-9(16-10)17-11(3,4)7(12)19/h5-6H2,1-4H3,(H2,12,19)(H3,13,14,15,16,17). The Hall–Kier alpha value is -2.12. The maximum Gasteiger partial charge on any atom is 0.242 e. The van der Waals surface area contributed by atoms with Gasteiger partial charge in [0.05, 0.1) is 0 Å². The van der Waals surface area contributed by atoms with Crippen molar-refractivity contribution in [3.63, 3.8) is 0 Å². The van der Waals surface area contributed by atoms with E-state index >= 15 is 0 Å². The van der Waals surface area contributed by atoms with Gasteiger partial charge in [0.25, 0.3) is 0 Å². The molecule has 1 rings (SSSR count). The van der Waals surface area contributed by atoms with Gasteiger partial charge in [-0.05, 0) is 27.7 Å². The van der Waals surface area contributed by atoms with Gasteiger partial charge >= 0.3 is 0 Å². The van der Waals surface area contributed by atoms with Crippen molar-refractivity contribution in [3.8, 4) is 0 Å². The normalized spacial score (nSPS) is 11.2. The second-order valence-corrected chi connectivity index (χ2v) is 4.60. The molecule has 0 spiro atoms. The molecule has 8 heteroatoms. The lowest BCUT2D eigenvalue weighted by Crippen LogP contribution is -2.45. The van der Waals surface area contributed by atoms with E-state index in [0.717, 1.165) is 13.1 Å². The summed E-state index contributed by atoms with van der Waals surface area (Å²) < 4.78 is 0. The van der Waals surface area contributed by atoms with Crippen LogP contribution < -0.4 is 21.7 Å². The summed E-state index contributed by atoms with van der Waals surface area (Å²) >= 11 is 0. The fraction of sp³-hybridized carbons (Fsp3) is 0.636. The Balaban J connectivity index is 3.06. The third kappa shape index (κ3) is 3.67. The SMILES string of the molecule is CCN(CC)c1nc(N)nc(NC(C)(C)C(N)=O)n1. The molecule has 0 radical (unpaired) electrons. The molecule has 0 aliphatic heterocycles. The summed E-state index contributed by atoms with van der Waals surface area (Å²) in [6, 6.07) is 0. The molecule has 0 saturated carbocycles. The van der Waals surface area contributed by atoms with Crippen molar-refractivity contribution in [2.75, 3.05) is 29.0 Å². The Morgan fingerprint density at radius 2 is 1.84 bits per heavy atom. The quantitative estimate of drug-likeness (QED) is 0.661. The minimum absolute atomic E-state index is 0.0969. The molecular formula is C11H21N7O. The smallest absolute Gasteiger partial charge is 0.242 e. The summed E-state index contributed by atoms with van der Waals surface area (Å²) in [7, 11) is 0. The third-order valence-electron chi connectivity index (χ3n) is 2.73. The molecular weight excluding hydrogens is 246 g/mol. The van der Waals surface area contributed by atoms with Gasteiger partial charge in [-0.15, -0.1) is 0 Å². The first-order valence-corrected chi connectivity index (χ1v) is 6.14. The molecule has 106 valence electrons. The average Bonchev–Trinajstić information content (AvgIpc) is 2.28. The number of nitrogens with zero attached hydrogens (tertiary/aromatic N) is 4. The fourth-order valence-electron chi connectivity index (χ4n) is 1.43. The van der Waals surface area contributed by atoms with Gasteiger partial charge in [-0.2, -0.15) is 15.0 Å². The Kier molecular flexibility index (Phi) is 4.47. The van der Waals surface area contributed by atoms with E-state index in [2.05, 4.69) is 20.3 Å². The van der Waals surface area contributed by atoms with Crippen LogP contribution in [0.2, 0.25) is 0 Å². The van der Waals surface area contributed by atoms with Crippen molar-refractivity contribution < 1.29 is 4.79 Å². The Morgan fingerprint density at radius 1 is 1.26 bits per heavy atom. The second-order valence-electron chi connectivity index (χ2n) is 4.60. The minimum Gasteiger partial charge on any atom is -0.368 e. The Labute approximate surface area is 112 Å². The van der Waals surface area contributed by atoms with E-state index in [4.69, 9.17) is 11.5 Å². The van der Waals surface area contributed by atoms with E-state index < -0.39 is 11.4 Å². The molecule has 1 heterocycles. The predicted molar refractivity (Wildman–Crippen MR) is 74.7 cm³/mol. The van der Waals surface area contributed by atoms with Crippen LogP contribution in [-0.4, -0.2) is 39.5 Å². The first-order valence-electron chi connectivity index (χ1n) is 6.14. The van der Waals surface area contributed by atoms with Crippen LogP contribution in [0.1, 0.15) is 27.7 Å². The number of nitrogens with one attached hydrogen (secondary N) is 1. The van der Waals surface area contributed by atoms with E-state index in [-0.39, 0.29) is 11.9 Å². The molecule has 0 aliphatic carbocycles. The van der Waals surface area contributed by atoms with Gasteiger partial charge in [-0.3, -0.25) is 4.79 Å². The molecule has 8 nitrogen and oxygen atoms in total. The first kappa shape index (κ1) is 14.9. The van der Waals surface area contributed by atoms with E-state index in [1.54, 1.807) is 13.8 Å². The number of amides is 1. The van der Waals surface area contributed by atoms with Gasteiger partial charge in [0, 0.05) is 13.1 Å². The first-order chi connectivity index (χ1) is 8.80. The highest BCUT2D eigenvalue weighted by atomic mass is 16.1. The lowest BCUT2D eigenvalue weighted by atomic mass is 10.1. The molecule has 0 atom stereocenters. The van der Waals surface area contributed by atoms with Crippen molar-refractivity contribution in [3.05, 3.63) is 0 Å². The number of carbonyl (C=O) groups excluding carboxylic acids is 1. The number of primary amides is 1. The molecule has 19 heavy (non-hydrogen) atoms. The number of nitrogens with two attached hydrogens (primary N) is 2. The number of carbonyl (C=O) groups is 1. The number of hydrogen-bond acceptors (Lipinski definition) is 7. The van der Waals surface area contributed by atoms with Crippen molar-refractivity contribution >= 4 is 23.8 Å². The van der Waals surface area contributed by atoms with Crippen LogP contribution in [0, 0.1) is 0 Å². The van der Waals surface area contributed by atoms with Gasteiger partial charge in [0.15, 0.2) is 0 Å². The summed E-state index contributed by atoms with van der Waals surface area (Å²) in [4.78, 5) is 25.5. The highest BCUT2D eigenvalue weighted by Crippen LogP contribution is 2.15. The van der Waals surface area contributed by atoms with Crippen LogP contribution in [-0.2, 0) is 4.79 Å². The van der Waals surface area contributed by atoms with Crippen molar-refractivity contribution in [2.24, 2.45) is 5.73 Å². The van der Waals surface area contributed by atoms with Crippen molar-refractivity contribution in [1.82, 2.24) is 15.0 Å². The van der Waals surface area contributed by atoms with E-state index in [9.17, 15) is 4.79 Å². The van der Waals surface area contributed by atoms with Gasteiger partial charge in [0.1, 0.15) is 5.54 Å². The van der Waals surface area contributed by atoms with E-state index in [1.165, 1.54) is 0 Å². The van der Waals surface area contributed by atoms with Crippen LogP contribution in [0.3, 0.4) is 0 Å². The van der Waals surface area contributed by atoms with Gasteiger partial charge in [-0.1, -0.05) is 0 Å². The average molecular weight is 267 g/mol. The largest absolute Gasteiger partial charge is 0.368 e. The highest BCUT2D eigenvalue weighted by molar-refractivity contribution is 5.86. The van der Waals surface area contributed by atoms with E-state index in [0.29, 0.717) is 5.95 Å². The van der Waals surface area contributed by atoms with Crippen LogP contribution in [0.15, 0.2) is 0 Å². The summed E-state index contributed by atoms with van der Waals surface area (Å²) in [5.41, 5.74) is 9.98. The maximum absolute atomic E-state index is 11.3. The molecule has 0 bridgehead atoms. The molecule has 0 aliphatic rings. The summed E-state index contributed by atoms with van der Waals surface area (Å²) in [6.07, 6.45) is 0. The molecule has 0 aromatic carbocycles. The van der Waals surface area contributed by atoms with E-state index in [1.807, 2.05) is 18.7 Å². The highest BCUT2D eigenvalue weighted by Gasteiger charge is 2.26. The van der Waals surface area contributed by atoms with Crippen molar-refractivity contribution in [1.29, 1.82) is 0 Å². The minimum atomic E-state index is -0.964. The molecule has 1 aromatic rings. The van der Waals surface area contributed by atoms with Crippen LogP contribution in [0.5, 0.6) is 0 Å². The monoisotopic (exact) mass is 267 g/mol. The zero-order chi connectivity index (χ0) is 14.6. The Bertz CT molecular complexity index is 456. The molecule has 5 N–H and O–H groups in total. The Morgan fingerprint density at radius 3 is 2.32 bits per heavy atom. The number of anilines is 3. The lowest BCUT2D eigenvalue weighted by molar-refractivity contribution is -0.121. The number of nitrogen functional groups attached to an aromatic ring is 1. The maximum atomic E-state index is 11.3. The molecule has 0 unspecified atom stereocenters. The second kappa shape index (κ2) is 5.68. The number of hydrogen-bond donors (Lipinski definition) is 3. The van der Waals surface area contributed by atoms with Crippen LogP contribution >= 0.6 is 0 Å². The summed E-state index contributed by atoms with van der Waals surface area (Å²) in [6.45, 7) is 8.77. The molecule has 0 saturated heterocycles. The van der Waals surface area contributed by atoms with Gasteiger partial charge in [0.2, 0.25) is 23.8 Å². The van der Waals surface area contributed by atoms with Crippen LogP contribution in [0.4, 0.5) is 17.8 Å². The van der Waals surface area contributed by atoms with Gasteiger partial charge < -0.3 is 21.7 Å². The molecule has 1 aromatic heterocycles. The zero-order valence-corrected chi connectivity index (χ0v) is 11.8. The third-order valence-corrected chi connectivity index (χ3v) is 2.73. The van der Waals surface area contributed by atoms with Crippen molar-refractivity contribution in [2.45, 2.75) is 33.2 Å².